The van der Waals surface area contributed by atoms with Crippen LogP contribution in [0.4, 0.5) is 11.5 Å². The molecule has 0 radical (unpaired) electrons. The molecule has 0 bridgehead atoms. The van der Waals surface area contributed by atoms with Crippen LogP contribution in [0.2, 0.25) is 0 Å². The predicted molar refractivity (Wildman–Crippen MR) is 122 cm³/mol. The minimum absolute atomic E-state index is 0.0626. The van der Waals surface area contributed by atoms with Crippen LogP contribution in [0.1, 0.15) is 60.0 Å². The Morgan fingerprint density at radius 2 is 1.70 bits per heavy atom. The summed E-state index contributed by atoms with van der Waals surface area (Å²) in [5.41, 5.74) is 1.23. The number of carbonyl (C=O) groups excluding carboxylic acids is 3. The summed E-state index contributed by atoms with van der Waals surface area (Å²) in [6.07, 6.45) is 0.134. The maximum atomic E-state index is 12.5. The van der Waals surface area contributed by atoms with E-state index in [4.69, 9.17) is 9.26 Å². The first kappa shape index (κ1) is 23.6. The van der Waals surface area contributed by atoms with Gasteiger partial charge in [-0.15, -0.1) is 0 Å². The maximum Gasteiger partial charge on any atom is 0.356 e. The van der Waals surface area contributed by atoms with Gasteiger partial charge in [-0.05, 0) is 36.8 Å². The van der Waals surface area contributed by atoms with Gasteiger partial charge in [0.2, 0.25) is 5.91 Å². The van der Waals surface area contributed by atoms with Gasteiger partial charge in [-0.25, -0.2) is 9.78 Å². The van der Waals surface area contributed by atoms with Crippen molar-refractivity contribution >= 4 is 29.3 Å². The number of pyridine rings is 1. The monoisotopic (exact) mass is 450 g/mol. The number of benzene rings is 1. The molecule has 0 aliphatic rings. The van der Waals surface area contributed by atoms with E-state index in [-0.39, 0.29) is 35.7 Å². The zero-order chi connectivity index (χ0) is 24.0. The highest BCUT2D eigenvalue weighted by molar-refractivity contribution is 6.03. The second-order valence-corrected chi connectivity index (χ2v) is 8.33. The largest absolute Gasteiger partial charge is 0.461 e. The first-order chi connectivity index (χ1) is 15.7. The third-order valence-electron chi connectivity index (χ3n) is 4.56. The molecule has 0 unspecified atom stereocenters. The number of nitrogens with zero attached hydrogens (tertiary/aromatic N) is 2. The quantitative estimate of drug-likeness (QED) is 0.522. The highest BCUT2D eigenvalue weighted by atomic mass is 16.5. The van der Waals surface area contributed by atoms with Gasteiger partial charge in [0, 0.05) is 17.2 Å². The molecule has 33 heavy (non-hydrogen) atoms. The number of hydrogen-bond acceptors (Lipinski definition) is 7. The van der Waals surface area contributed by atoms with Crippen molar-refractivity contribution < 1.29 is 23.6 Å². The minimum atomic E-state index is -0.588. The van der Waals surface area contributed by atoms with E-state index in [1.165, 1.54) is 12.1 Å². The SMILES string of the molecule is CCOC(=O)c1cccc(C(=O)Nc2ccc(CC(=O)Nc3cc(C(C)(C)C)on3)cc2)n1. The summed E-state index contributed by atoms with van der Waals surface area (Å²) in [5.74, 6) is -0.241. The van der Waals surface area contributed by atoms with Crippen LogP contribution in [-0.4, -0.2) is 34.5 Å². The Balaban J connectivity index is 1.57. The summed E-state index contributed by atoms with van der Waals surface area (Å²) in [6.45, 7) is 7.89. The Kier molecular flexibility index (Phi) is 7.22. The number of hydrogen-bond donors (Lipinski definition) is 2. The fraction of sp³-hybridized carbons (Fsp3) is 0.292. The molecule has 1 aromatic carbocycles. The fourth-order valence-electron chi connectivity index (χ4n) is 2.84. The minimum Gasteiger partial charge on any atom is -0.461 e. The summed E-state index contributed by atoms with van der Waals surface area (Å²) < 4.78 is 10.2. The number of amides is 2. The van der Waals surface area contributed by atoms with Crippen molar-refractivity contribution in [2.45, 2.75) is 39.5 Å². The van der Waals surface area contributed by atoms with Crippen molar-refractivity contribution in [1.29, 1.82) is 0 Å². The van der Waals surface area contributed by atoms with Crippen molar-refractivity contribution in [2.24, 2.45) is 0 Å². The highest BCUT2D eigenvalue weighted by Crippen LogP contribution is 2.24. The van der Waals surface area contributed by atoms with E-state index >= 15 is 0 Å². The summed E-state index contributed by atoms with van der Waals surface area (Å²) >= 11 is 0. The van der Waals surface area contributed by atoms with Gasteiger partial charge in [-0.2, -0.15) is 0 Å². The average molecular weight is 450 g/mol. The molecule has 172 valence electrons. The smallest absolute Gasteiger partial charge is 0.356 e. The summed E-state index contributed by atoms with van der Waals surface area (Å²) in [6, 6.07) is 13.1. The molecule has 0 atom stereocenters. The molecule has 2 heterocycles. The van der Waals surface area contributed by atoms with Gasteiger partial charge < -0.3 is 19.9 Å². The molecule has 3 aromatic rings. The number of rotatable bonds is 7. The van der Waals surface area contributed by atoms with Crippen LogP contribution >= 0.6 is 0 Å². The molecular weight excluding hydrogens is 424 g/mol. The maximum absolute atomic E-state index is 12.5. The third kappa shape index (κ3) is 6.49. The molecule has 9 heteroatoms. The Bertz CT molecular complexity index is 1150. The second-order valence-electron chi connectivity index (χ2n) is 8.33. The molecule has 3 rings (SSSR count). The first-order valence-electron chi connectivity index (χ1n) is 10.5. The Morgan fingerprint density at radius 1 is 1.00 bits per heavy atom. The van der Waals surface area contributed by atoms with E-state index < -0.39 is 11.9 Å². The van der Waals surface area contributed by atoms with E-state index in [0.717, 1.165) is 5.56 Å². The van der Waals surface area contributed by atoms with Gasteiger partial charge >= 0.3 is 5.97 Å². The molecule has 0 aliphatic heterocycles. The molecule has 2 amide bonds. The topological polar surface area (TPSA) is 123 Å². The second kappa shape index (κ2) is 10.1. The molecule has 0 aliphatic carbocycles. The van der Waals surface area contributed by atoms with Crippen molar-refractivity contribution in [3.05, 3.63) is 71.2 Å². The molecule has 0 saturated heterocycles. The lowest BCUT2D eigenvalue weighted by Gasteiger charge is -2.12. The van der Waals surface area contributed by atoms with Crippen molar-refractivity contribution in [3.8, 4) is 0 Å². The van der Waals surface area contributed by atoms with E-state index in [1.807, 2.05) is 20.8 Å². The summed E-state index contributed by atoms with van der Waals surface area (Å²) in [5, 5.41) is 9.31. The number of esters is 1. The zero-order valence-electron chi connectivity index (χ0n) is 19.0. The van der Waals surface area contributed by atoms with Gasteiger partial charge in [0.25, 0.3) is 5.91 Å². The number of carbonyl (C=O) groups is 3. The predicted octanol–water partition coefficient (Wildman–Crippen LogP) is 3.98. The highest BCUT2D eigenvalue weighted by Gasteiger charge is 2.20. The van der Waals surface area contributed by atoms with Crippen LogP contribution in [0.25, 0.3) is 0 Å². The van der Waals surface area contributed by atoms with E-state index in [9.17, 15) is 14.4 Å². The lowest BCUT2D eigenvalue weighted by atomic mass is 9.93. The summed E-state index contributed by atoms with van der Waals surface area (Å²) in [4.78, 5) is 40.6. The number of aromatic nitrogens is 2. The van der Waals surface area contributed by atoms with Crippen LogP contribution in [0.15, 0.2) is 53.1 Å². The Labute approximate surface area is 191 Å². The number of nitrogens with one attached hydrogen (secondary N) is 2. The molecule has 0 spiro atoms. The molecule has 9 nitrogen and oxygen atoms in total. The lowest BCUT2D eigenvalue weighted by Crippen LogP contribution is -2.17. The van der Waals surface area contributed by atoms with Gasteiger partial charge in [0.05, 0.1) is 13.0 Å². The van der Waals surface area contributed by atoms with Crippen LogP contribution in [0.5, 0.6) is 0 Å². The lowest BCUT2D eigenvalue weighted by molar-refractivity contribution is -0.115. The third-order valence-corrected chi connectivity index (χ3v) is 4.56. The van der Waals surface area contributed by atoms with Crippen LogP contribution in [-0.2, 0) is 21.4 Å². The average Bonchev–Trinajstić information content (AvgIpc) is 3.24. The first-order valence-corrected chi connectivity index (χ1v) is 10.5. The Hall–Kier alpha value is -4.01. The molecular formula is C24H26N4O5. The van der Waals surface area contributed by atoms with Crippen LogP contribution in [0.3, 0.4) is 0 Å². The fourth-order valence-corrected chi connectivity index (χ4v) is 2.84. The standard InChI is InChI=1S/C24H26N4O5/c1-5-32-23(31)18-8-6-7-17(26-18)22(30)25-16-11-9-15(10-12-16)13-21(29)27-20-14-19(33-28-20)24(2,3)4/h6-12,14H,5,13H2,1-4H3,(H,25,30)(H,27,28,29). The van der Waals surface area contributed by atoms with Gasteiger partial charge in [0.15, 0.2) is 5.82 Å². The molecule has 2 N–H and O–H groups in total. The zero-order valence-corrected chi connectivity index (χ0v) is 19.0. The van der Waals surface area contributed by atoms with Gasteiger partial charge in [0.1, 0.15) is 17.1 Å². The van der Waals surface area contributed by atoms with Gasteiger partial charge in [-0.3, -0.25) is 9.59 Å². The molecule has 0 fully saturated rings. The van der Waals surface area contributed by atoms with Crippen molar-refractivity contribution in [2.75, 3.05) is 17.2 Å². The van der Waals surface area contributed by atoms with Gasteiger partial charge in [-0.1, -0.05) is 44.1 Å². The van der Waals surface area contributed by atoms with E-state index in [1.54, 1.807) is 43.3 Å². The van der Waals surface area contributed by atoms with Crippen LogP contribution in [0, 0.1) is 0 Å². The van der Waals surface area contributed by atoms with Crippen molar-refractivity contribution in [3.63, 3.8) is 0 Å². The van der Waals surface area contributed by atoms with E-state index in [0.29, 0.717) is 17.3 Å². The van der Waals surface area contributed by atoms with Crippen molar-refractivity contribution in [1.82, 2.24) is 10.1 Å². The van der Waals surface area contributed by atoms with E-state index in [2.05, 4.69) is 20.8 Å². The number of ether oxygens (including phenoxy) is 1. The Morgan fingerprint density at radius 3 is 2.33 bits per heavy atom. The normalized spacial score (nSPS) is 11.0. The molecule has 2 aromatic heterocycles. The summed E-state index contributed by atoms with van der Waals surface area (Å²) in [7, 11) is 0. The van der Waals surface area contributed by atoms with Crippen LogP contribution < -0.4 is 10.6 Å². The molecule has 0 saturated carbocycles. The number of anilines is 2.